The molecule has 2 aromatic rings. The van der Waals surface area contributed by atoms with Crippen LogP contribution in [0.5, 0.6) is 0 Å². The zero-order valence-electron chi connectivity index (χ0n) is 10.4. The predicted molar refractivity (Wildman–Crippen MR) is 78.0 cm³/mol. The molecule has 0 aromatic heterocycles. The summed E-state index contributed by atoms with van der Waals surface area (Å²) < 4.78 is 13.2. The van der Waals surface area contributed by atoms with Crippen LogP contribution in [0.3, 0.4) is 0 Å². The molecule has 0 aliphatic carbocycles. The van der Waals surface area contributed by atoms with Crippen molar-refractivity contribution >= 4 is 23.4 Å². The average Bonchev–Trinajstić information content (AvgIpc) is 2.39. The number of halogens is 2. The molecule has 0 heterocycles. The van der Waals surface area contributed by atoms with Gasteiger partial charge in [-0.2, -0.15) is 0 Å². The molecule has 100 valence electrons. The van der Waals surface area contributed by atoms with E-state index in [0.717, 1.165) is 16.2 Å². The first-order chi connectivity index (χ1) is 9.06. The topological polar surface area (TPSA) is 20.2 Å². The van der Waals surface area contributed by atoms with Crippen LogP contribution in [0.1, 0.15) is 24.2 Å². The molecule has 0 amide bonds. The first kappa shape index (κ1) is 14.4. The summed E-state index contributed by atoms with van der Waals surface area (Å²) >= 11 is 7.40. The zero-order chi connectivity index (χ0) is 13.8. The Labute approximate surface area is 121 Å². The molecular weight excluding hydrogens is 283 g/mol. The molecule has 1 nitrogen and oxygen atoms in total. The van der Waals surface area contributed by atoms with E-state index < -0.39 is 6.10 Å². The van der Waals surface area contributed by atoms with Crippen molar-refractivity contribution in [3.63, 3.8) is 0 Å². The lowest BCUT2D eigenvalue weighted by Crippen LogP contribution is -1.95. The Bertz CT molecular complexity index is 555. The fourth-order valence-corrected chi connectivity index (χ4v) is 2.92. The maximum absolute atomic E-state index is 13.2. The van der Waals surface area contributed by atoms with Crippen LogP contribution in [0.25, 0.3) is 0 Å². The van der Waals surface area contributed by atoms with Crippen molar-refractivity contribution in [3.8, 4) is 0 Å². The van der Waals surface area contributed by atoms with Crippen LogP contribution < -0.4 is 0 Å². The number of aliphatic hydroxyl groups excluding tert-OH is 1. The Morgan fingerprint density at radius 2 is 1.89 bits per heavy atom. The van der Waals surface area contributed by atoms with Gasteiger partial charge in [0, 0.05) is 15.7 Å². The third-order valence-corrected chi connectivity index (χ3v) is 4.14. The van der Waals surface area contributed by atoms with Crippen LogP contribution in [0.4, 0.5) is 4.39 Å². The van der Waals surface area contributed by atoms with Crippen LogP contribution in [0, 0.1) is 5.82 Å². The molecule has 1 N–H and O–H groups in total. The van der Waals surface area contributed by atoms with Crippen molar-refractivity contribution in [1.82, 2.24) is 0 Å². The molecule has 1 atom stereocenters. The van der Waals surface area contributed by atoms with E-state index in [9.17, 15) is 9.50 Å². The summed E-state index contributed by atoms with van der Waals surface area (Å²) in [5.74, 6) is 0.425. The highest BCUT2D eigenvalue weighted by Crippen LogP contribution is 2.30. The van der Waals surface area contributed by atoms with E-state index in [1.54, 1.807) is 24.8 Å². The van der Waals surface area contributed by atoms with Gasteiger partial charge in [0.25, 0.3) is 0 Å². The largest absolute Gasteiger partial charge is 0.389 e. The molecule has 2 aromatic carbocycles. The predicted octanol–water partition coefficient (Wildman–Crippen LogP) is 4.82. The van der Waals surface area contributed by atoms with E-state index in [1.165, 1.54) is 12.1 Å². The van der Waals surface area contributed by atoms with Crippen molar-refractivity contribution in [2.75, 3.05) is 0 Å². The molecule has 0 radical (unpaired) electrons. The minimum Gasteiger partial charge on any atom is -0.389 e. The monoisotopic (exact) mass is 296 g/mol. The molecule has 1 unspecified atom stereocenters. The minimum atomic E-state index is -0.677. The van der Waals surface area contributed by atoms with Crippen LogP contribution in [0.15, 0.2) is 47.4 Å². The highest BCUT2D eigenvalue weighted by Gasteiger charge is 2.10. The van der Waals surface area contributed by atoms with Crippen molar-refractivity contribution in [3.05, 3.63) is 64.4 Å². The van der Waals surface area contributed by atoms with Gasteiger partial charge in [-0.15, -0.1) is 11.8 Å². The third-order valence-electron chi connectivity index (χ3n) is 2.73. The Kier molecular flexibility index (Phi) is 4.86. The summed E-state index contributed by atoms with van der Waals surface area (Å²) in [5.41, 5.74) is 1.76. The van der Waals surface area contributed by atoms with E-state index in [-0.39, 0.29) is 5.82 Å². The molecule has 0 bridgehead atoms. The number of hydrogen-bond donors (Lipinski definition) is 1. The number of aliphatic hydroxyl groups is 1. The third kappa shape index (κ3) is 3.96. The highest BCUT2D eigenvalue weighted by molar-refractivity contribution is 7.98. The summed E-state index contributed by atoms with van der Waals surface area (Å²) in [6.45, 7) is 1.64. The average molecular weight is 297 g/mol. The van der Waals surface area contributed by atoms with Crippen LogP contribution in [0.2, 0.25) is 5.02 Å². The fourth-order valence-electron chi connectivity index (χ4n) is 1.72. The van der Waals surface area contributed by atoms with Gasteiger partial charge in [0.05, 0.1) is 6.10 Å². The molecule has 2 rings (SSSR count). The molecule has 4 heteroatoms. The van der Waals surface area contributed by atoms with Crippen molar-refractivity contribution in [2.24, 2.45) is 0 Å². The van der Waals surface area contributed by atoms with Gasteiger partial charge in [0.15, 0.2) is 0 Å². The van der Waals surface area contributed by atoms with Crippen LogP contribution >= 0.6 is 23.4 Å². The molecule has 0 spiro atoms. The Balaban J connectivity index is 2.13. The lowest BCUT2D eigenvalue weighted by atomic mass is 10.1. The lowest BCUT2D eigenvalue weighted by Gasteiger charge is -2.11. The van der Waals surface area contributed by atoms with Gasteiger partial charge in [-0.1, -0.05) is 23.7 Å². The summed E-state index contributed by atoms with van der Waals surface area (Å²) in [6.07, 6.45) is -0.677. The number of hydrogen-bond acceptors (Lipinski definition) is 2. The Morgan fingerprint density at radius 3 is 2.53 bits per heavy atom. The molecule has 0 aliphatic rings. The van der Waals surface area contributed by atoms with Crippen LogP contribution in [-0.2, 0) is 5.75 Å². The molecular formula is C15H14ClFOS. The maximum atomic E-state index is 13.2. The van der Waals surface area contributed by atoms with Crippen molar-refractivity contribution in [1.29, 1.82) is 0 Å². The first-order valence-corrected chi connectivity index (χ1v) is 7.27. The first-order valence-electron chi connectivity index (χ1n) is 5.91. The van der Waals surface area contributed by atoms with Crippen molar-refractivity contribution < 1.29 is 9.50 Å². The number of benzene rings is 2. The van der Waals surface area contributed by atoms with Crippen LogP contribution in [-0.4, -0.2) is 5.11 Å². The summed E-state index contributed by atoms with van der Waals surface area (Å²) in [5, 5.41) is 10.4. The number of rotatable bonds is 4. The van der Waals surface area contributed by atoms with Gasteiger partial charge in [-0.25, -0.2) is 4.39 Å². The van der Waals surface area contributed by atoms with E-state index in [4.69, 9.17) is 11.6 Å². The van der Waals surface area contributed by atoms with E-state index >= 15 is 0 Å². The standard InChI is InChI=1S/C15H14ClFOS/c1-10(18)14-8-13(17)6-7-15(14)19-9-11-2-4-12(16)5-3-11/h2-8,10,18H,9H2,1H3. The Morgan fingerprint density at radius 1 is 1.21 bits per heavy atom. The zero-order valence-corrected chi connectivity index (χ0v) is 12.0. The Hall–Kier alpha value is -1.03. The smallest absolute Gasteiger partial charge is 0.123 e. The maximum Gasteiger partial charge on any atom is 0.123 e. The van der Waals surface area contributed by atoms with Gasteiger partial charge < -0.3 is 5.11 Å². The summed E-state index contributed by atoms with van der Waals surface area (Å²) in [6, 6.07) is 12.1. The minimum absolute atomic E-state index is 0.327. The van der Waals surface area contributed by atoms with Gasteiger partial charge in [0.2, 0.25) is 0 Å². The van der Waals surface area contributed by atoms with Gasteiger partial charge in [-0.3, -0.25) is 0 Å². The lowest BCUT2D eigenvalue weighted by molar-refractivity contribution is 0.196. The van der Waals surface area contributed by atoms with E-state index in [0.29, 0.717) is 10.6 Å². The number of thioether (sulfide) groups is 1. The summed E-state index contributed by atoms with van der Waals surface area (Å²) in [4.78, 5) is 0.895. The molecule has 0 saturated carbocycles. The molecule has 19 heavy (non-hydrogen) atoms. The summed E-state index contributed by atoms with van der Waals surface area (Å²) in [7, 11) is 0. The molecule has 0 fully saturated rings. The van der Waals surface area contributed by atoms with Gasteiger partial charge >= 0.3 is 0 Å². The van der Waals surface area contributed by atoms with E-state index in [2.05, 4.69) is 0 Å². The van der Waals surface area contributed by atoms with E-state index in [1.807, 2.05) is 24.3 Å². The fraction of sp³-hybridized carbons (Fsp3) is 0.200. The second-order valence-corrected chi connectivity index (χ2v) is 5.73. The van der Waals surface area contributed by atoms with Crippen molar-refractivity contribution in [2.45, 2.75) is 23.7 Å². The second-order valence-electron chi connectivity index (χ2n) is 4.27. The van der Waals surface area contributed by atoms with Gasteiger partial charge in [-0.05, 0) is 48.4 Å². The molecule has 0 saturated heterocycles. The highest BCUT2D eigenvalue weighted by atomic mass is 35.5. The SMILES string of the molecule is CC(O)c1cc(F)ccc1SCc1ccc(Cl)cc1. The second kappa shape index (κ2) is 6.42. The van der Waals surface area contributed by atoms with Gasteiger partial charge in [0.1, 0.15) is 5.82 Å². The molecule has 0 aliphatic heterocycles. The normalized spacial score (nSPS) is 12.4. The quantitative estimate of drug-likeness (QED) is 0.816.